The molecular formula is C30H52O2. The summed E-state index contributed by atoms with van der Waals surface area (Å²) >= 11 is 0. The highest BCUT2D eigenvalue weighted by Crippen LogP contribution is 2.68. The van der Waals surface area contributed by atoms with Crippen LogP contribution >= 0.6 is 0 Å². The van der Waals surface area contributed by atoms with Crippen LogP contribution in [-0.2, 0) is 0 Å². The second-order valence-corrected chi connectivity index (χ2v) is 13.4. The second kappa shape index (κ2) is 9.73. The van der Waals surface area contributed by atoms with Crippen molar-refractivity contribution in [1.82, 2.24) is 0 Å². The average molecular weight is 445 g/mol. The fraction of sp³-hybridized carbons (Fsp3) is 0.933. The summed E-state index contributed by atoms with van der Waals surface area (Å²) in [4.78, 5) is 0. The van der Waals surface area contributed by atoms with E-state index in [0.717, 1.165) is 36.0 Å². The molecule has 3 fully saturated rings. The first-order valence-corrected chi connectivity index (χ1v) is 14.2. The Morgan fingerprint density at radius 1 is 1.00 bits per heavy atom. The van der Waals surface area contributed by atoms with Gasteiger partial charge in [-0.2, -0.15) is 0 Å². The van der Waals surface area contributed by atoms with Crippen molar-refractivity contribution in [2.75, 3.05) is 6.61 Å². The third kappa shape index (κ3) is 4.37. The monoisotopic (exact) mass is 444 g/mol. The van der Waals surface area contributed by atoms with Crippen LogP contribution < -0.4 is 0 Å². The van der Waals surface area contributed by atoms with Crippen molar-refractivity contribution in [2.45, 2.75) is 118 Å². The largest absolute Gasteiger partial charge is 0.394 e. The summed E-state index contributed by atoms with van der Waals surface area (Å²) in [5.41, 5.74) is 2.57. The van der Waals surface area contributed by atoms with Crippen molar-refractivity contribution in [3.05, 3.63) is 11.6 Å². The van der Waals surface area contributed by atoms with E-state index in [0.29, 0.717) is 22.7 Å². The van der Waals surface area contributed by atoms with Crippen LogP contribution in [0, 0.1) is 52.3 Å². The van der Waals surface area contributed by atoms with Gasteiger partial charge in [0.15, 0.2) is 0 Å². The van der Waals surface area contributed by atoms with E-state index in [9.17, 15) is 10.2 Å². The minimum absolute atomic E-state index is 0.0915. The van der Waals surface area contributed by atoms with Crippen LogP contribution in [-0.4, -0.2) is 22.9 Å². The van der Waals surface area contributed by atoms with Crippen molar-refractivity contribution in [3.8, 4) is 0 Å². The van der Waals surface area contributed by atoms with Gasteiger partial charge in [-0.05, 0) is 104 Å². The Labute approximate surface area is 198 Å². The Morgan fingerprint density at radius 2 is 1.78 bits per heavy atom. The third-order valence-electron chi connectivity index (χ3n) is 11.1. The van der Waals surface area contributed by atoms with Gasteiger partial charge in [-0.15, -0.1) is 0 Å². The predicted molar refractivity (Wildman–Crippen MR) is 134 cm³/mol. The van der Waals surface area contributed by atoms with Crippen molar-refractivity contribution in [3.63, 3.8) is 0 Å². The van der Waals surface area contributed by atoms with Crippen molar-refractivity contribution in [1.29, 1.82) is 0 Å². The number of rotatable bonds is 8. The van der Waals surface area contributed by atoms with Crippen LogP contribution in [0.4, 0.5) is 0 Å². The van der Waals surface area contributed by atoms with Crippen LogP contribution in [0.5, 0.6) is 0 Å². The second-order valence-electron chi connectivity index (χ2n) is 13.4. The van der Waals surface area contributed by atoms with Crippen LogP contribution in [0.1, 0.15) is 112 Å². The van der Waals surface area contributed by atoms with Gasteiger partial charge in [0.05, 0.1) is 12.7 Å². The molecule has 0 saturated heterocycles. The van der Waals surface area contributed by atoms with Gasteiger partial charge in [0.25, 0.3) is 0 Å². The minimum atomic E-state index is -0.564. The highest BCUT2D eigenvalue weighted by Gasteiger charge is 2.60. The van der Waals surface area contributed by atoms with Gasteiger partial charge in [-0.25, -0.2) is 0 Å². The van der Waals surface area contributed by atoms with Crippen molar-refractivity contribution < 1.29 is 10.2 Å². The Bertz CT molecular complexity index is 668. The lowest BCUT2D eigenvalue weighted by Crippen LogP contribution is -2.53. The fourth-order valence-corrected chi connectivity index (χ4v) is 9.49. The first kappa shape index (κ1) is 24.8. The van der Waals surface area contributed by atoms with E-state index in [1.807, 2.05) is 0 Å². The molecule has 2 nitrogen and oxygen atoms in total. The molecule has 4 aliphatic rings. The van der Waals surface area contributed by atoms with Crippen molar-refractivity contribution in [2.24, 2.45) is 52.3 Å². The molecule has 2 heteroatoms. The molecular weight excluding hydrogens is 392 g/mol. The van der Waals surface area contributed by atoms with E-state index in [2.05, 4.69) is 40.7 Å². The van der Waals surface area contributed by atoms with E-state index < -0.39 is 6.10 Å². The summed E-state index contributed by atoms with van der Waals surface area (Å²) in [7, 11) is 0. The molecule has 3 saturated carbocycles. The maximum atomic E-state index is 10.5. The zero-order valence-electron chi connectivity index (χ0n) is 21.8. The highest BCUT2D eigenvalue weighted by atomic mass is 16.3. The molecule has 5 unspecified atom stereocenters. The average Bonchev–Trinajstić information content (AvgIpc) is 3.10. The molecule has 0 radical (unpaired) electrons. The van der Waals surface area contributed by atoms with E-state index >= 15 is 0 Å². The summed E-state index contributed by atoms with van der Waals surface area (Å²) in [6, 6.07) is 0. The summed E-state index contributed by atoms with van der Waals surface area (Å²) < 4.78 is 0. The maximum Gasteiger partial charge on any atom is 0.0776 e. The number of aliphatic hydroxyl groups is 2. The Balaban J connectivity index is 1.59. The van der Waals surface area contributed by atoms with Crippen LogP contribution in [0.3, 0.4) is 0 Å². The topological polar surface area (TPSA) is 40.5 Å². The van der Waals surface area contributed by atoms with Crippen molar-refractivity contribution >= 4 is 0 Å². The number of allylic oxidation sites excluding steroid dienone is 2. The van der Waals surface area contributed by atoms with E-state index in [1.165, 1.54) is 70.6 Å². The Hall–Kier alpha value is -0.340. The smallest absolute Gasteiger partial charge is 0.0776 e. The number of fused-ring (bicyclic) bond motifs is 5. The van der Waals surface area contributed by atoms with Gasteiger partial charge in [0.2, 0.25) is 0 Å². The minimum Gasteiger partial charge on any atom is -0.394 e. The fourth-order valence-electron chi connectivity index (χ4n) is 9.49. The van der Waals surface area contributed by atoms with Gasteiger partial charge in [-0.1, -0.05) is 72.0 Å². The molecule has 184 valence electrons. The molecule has 4 rings (SSSR count). The lowest BCUT2D eigenvalue weighted by atomic mass is 9.44. The zero-order chi connectivity index (χ0) is 23.1. The number of aliphatic hydroxyl groups excluding tert-OH is 2. The molecule has 9 atom stereocenters. The van der Waals surface area contributed by atoms with Crippen LogP contribution in [0.15, 0.2) is 11.6 Å². The van der Waals surface area contributed by atoms with Gasteiger partial charge >= 0.3 is 0 Å². The highest BCUT2D eigenvalue weighted by molar-refractivity contribution is 5.26. The molecule has 0 amide bonds. The molecule has 0 aromatic heterocycles. The van der Waals surface area contributed by atoms with E-state index in [4.69, 9.17) is 0 Å². The molecule has 0 aromatic carbocycles. The maximum absolute atomic E-state index is 10.5. The molecule has 0 aliphatic heterocycles. The molecule has 0 bridgehead atoms. The van der Waals surface area contributed by atoms with Gasteiger partial charge < -0.3 is 10.2 Å². The summed E-state index contributed by atoms with van der Waals surface area (Å²) in [6.07, 6.45) is 17.9. The lowest BCUT2D eigenvalue weighted by Gasteiger charge is -2.60. The van der Waals surface area contributed by atoms with Gasteiger partial charge in [0, 0.05) is 0 Å². The zero-order valence-corrected chi connectivity index (χ0v) is 21.8. The predicted octanol–water partition coefficient (Wildman–Crippen LogP) is 7.39. The quantitative estimate of drug-likeness (QED) is 0.383. The van der Waals surface area contributed by atoms with E-state index in [1.54, 1.807) is 5.57 Å². The lowest BCUT2D eigenvalue weighted by molar-refractivity contribution is -0.0776. The molecule has 4 aliphatic carbocycles. The number of hydrogen-bond donors (Lipinski definition) is 2. The number of hydrogen-bond acceptors (Lipinski definition) is 2. The summed E-state index contributed by atoms with van der Waals surface area (Å²) in [6.45, 7) is 12.4. The van der Waals surface area contributed by atoms with Gasteiger partial charge in [0.1, 0.15) is 0 Å². The van der Waals surface area contributed by atoms with Crippen LogP contribution in [0.2, 0.25) is 0 Å². The molecule has 0 heterocycles. The molecule has 0 aromatic rings. The SMILES string of the molecule is CC(C)CCC[C@@H](C)[C@H]1CCC2C3C(CC(O)CO)C=C4CCCC[C@]4(C)C3CC[C@@]21C. The molecule has 2 N–H and O–H groups in total. The normalized spacial score (nSPS) is 43.2. The first-order chi connectivity index (χ1) is 15.2. The van der Waals surface area contributed by atoms with Crippen LogP contribution in [0.25, 0.3) is 0 Å². The summed E-state index contributed by atoms with van der Waals surface area (Å²) in [5.74, 6) is 5.27. The molecule has 0 spiro atoms. The standard InChI is InChI=1S/C30H52O2/c1-20(2)9-8-10-21(3)25-12-13-26-28-22(18-24(32)19-31)17-23-11-6-7-15-29(23,4)27(28)14-16-30(25,26)5/h17,20-22,24-28,31-32H,6-16,18-19H2,1-5H3/t21-,22?,24?,25-,26?,27?,28?,29+,30-/m1/s1. The first-order valence-electron chi connectivity index (χ1n) is 14.2. The molecule has 32 heavy (non-hydrogen) atoms. The summed E-state index contributed by atoms with van der Waals surface area (Å²) in [5, 5.41) is 20.1. The third-order valence-corrected chi connectivity index (χ3v) is 11.1. The Kier molecular flexibility index (Phi) is 7.53. The van der Waals surface area contributed by atoms with Gasteiger partial charge in [-0.3, -0.25) is 0 Å². The van der Waals surface area contributed by atoms with E-state index in [-0.39, 0.29) is 6.61 Å². The Morgan fingerprint density at radius 3 is 2.50 bits per heavy atom.